The Labute approximate surface area is 85.8 Å². The highest BCUT2D eigenvalue weighted by Crippen LogP contribution is 2.21. The van der Waals surface area contributed by atoms with E-state index in [2.05, 4.69) is 38.9 Å². The van der Waals surface area contributed by atoms with Crippen molar-refractivity contribution >= 4 is 0 Å². The Morgan fingerprint density at radius 1 is 1.43 bits per heavy atom. The standard InChI is InChI=1S/C11H20N2O/c1-5-9-8-10(11(2,3)4)12-13(9)6-7-14/h8,14H,5-7H2,1-4H3. The van der Waals surface area contributed by atoms with Crippen molar-refractivity contribution in [3.63, 3.8) is 0 Å². The molecular formula is C11H20N2O. The van der Waals surface area contributed by atoms with Crippen molar-refractivity contribution in [1.29, 1.82) is 0 Å². The van der Waals surface area contributed by atoms with Gasteiger partial charge in [-0.15, -0.1) is 0 Å². The molecule has 0 aliphatic heterocycles. The Morgan fingerprint density at radius 2 is 2.07 bits per heavy atom. The Balaban J connectivity index is 3.00. The summed E-state index contributed by atoms with van der Waals surface area (Å²) in [5, 5.41) is 13.4. The van der Waals surface area contributed by atoms with Crippen molar-refractivity contribution in [2.24, 2.45) is 0 Å². The predicted molar refractivity (Wildman–Crippen MR) is 57.4 cm³/mol. The van der Waals surface area contributed by atoms with Crippen LogP contribution in [0.4, 0.5) is 0 Å². The van der Waals surface area contributed by atoms with Crippen molar-refractivity contribution in [2.75, 3.05) is 6.61 Å². The van der Waals surface area contributed by atoms with E-state index in [1.807, 2.05) is 4.68 Å². The van der Waals surface area contributed by atoms with Crippen LogP contribution in [0, 0.1) is 0 Å². The van der Waals surface area contributed by atoms with Crippen LogP contribution in [-0.4, -0.2) is 21.5 Å². The van der Waals surface area contributed by atoms with Gasteiger partial charge in [0.25, 0.3) is 0 Å². The van der Waals surface area contributed by atoms with Crippen LogP contribution in [0.1, 0.15) is 39.1 Å². The molecule has 0 fully saturated rings. The molecule has 0 atom stereocenters. The molecule has 0 saturated heterocycles. The number of aryl methyl sites for hydroxylation is 1. The molecule has 0 amide bonds. The molecule has 0 radical (unpaired) electrons. The molecule has 1 aromatic rings. The predicted octanol–water partition coefficient (Wildman–Crippen LogP) is 1.74. The topological polar surface area (TPSA) is 38.0 Å². The summed E-state index contributed by atoms with van der Waals surface area (Å²) in [4.78, 5) is 0. The van der Waals surface area contributed by atoms with Gasteiger partial charge in [-0.2, -0.15) is 5.10 Å². The first-order chi connectivity index (χ1) is 6.49. The molecule has 1 aromatic heterocycles. The molecule has 1 N–H and O–H groups in total. The number of nitrogens with zero attached hydrogens (tertiary/aromatic N) is 2. The lowest BCUT2D eigenvalue weighted by Crippen LogP contribution is -2.13. The molecule has 0 aliphatic rings. The lowest BCUT2D eigenvalue weighted by molar-refractivity contribution is 0.266. The van der Waals surface area contributed by atoms with Gasteiger partial charge in [0, 0.05) is 11.1 Å². The third kappa shape index (κ3) is 2.35. The van der Waals surface area contributed by atoms with Crippen molar-refractivity contribution < 1.29 is 5.11 Å². The normalized spacial score (nSPS) is 12.1. The van der Waals surface area contributed by atoms with Gasteiger partial charge in [0.05, 0.1) is 18.8 Å². The van der Waals surface area contributed by atoms with Crippen LogP contribution in [0.3, 0.4) is 0 Å². The van der Waals surface area contributed by atoms with Gasteiger partial charge in [0.15, 0.2) is 0 Å². The van der Waals surface area contributed by atoms with E-state index in [-0.39, 0.29) is 12.0 Å². The second-order valence-electron chi connectivity index (χ2n) is 4.57. The number of aliphatic hydroxyl groups is 1. The molecule has 14 heavy (non-hydrogen) atoms. The highest BCUT2D eigenvalue weighted by atomic mass is 16.3. The monoisotopic (exact) mass is 196 g/mol. The highest BCUT2D eigenvalue weighted by molar-refractivity contribution is 5.17. The van der Waals surface area contributed by atoms with Crippen molar-refractivity contribution in [1.82, 2.24) is 9.78 Å². The zero-order valence-electron chi connectivity index (χ0n) is 9.54. The van der Waals surface area contributed by atoms with Crippen molar-refractivity contribution in [3.05, 3.63) is 17.5 Å². The maximum atomic E-state index is 8.89. The number of hydrogen-bond acceptors (Lipinski definition) is 2. The van der Waals surface area contributed by atoms with Crippen molar-refractivity contribution in [2.45, 2.75) is 46.1 Å². The first-order valence-electron chi connectivity index (χ1n) is 5.17. The van der Waals surface area contributed by atoms with Gasteiger partial charge < -0.3 is 5.11 Å². The molecular weight excluding hydrogens is 176 g/mol. The van der Waals surface area contributed by atoms with Gasteiger partial charge in [-0.3, -0.25) is 4.68 Å². The maximum Gasteiger partial charge on any atom is 0.0680 e. The quantitative estimate of drug-likeness (QED) is 0.799. The second kappa shape index (κ2) is 4.13. The van der Waals surface area contributed by atoms with Gasteiger partial charge in [0.1, 0.15) is 0 Å². The number of hydrogen-bond donors (Lipinski definition) is 1. The third-order valence-electron chi connectivity index (χ3n) is 2.31. The smallest absolute Gasteiger partial charge is 0.0680 e. The summed E-state index contributed by atoms with van der Waals surface area (Å²) in [6, 6.07) is 2.13. The number of aromatic nitrogens is 2. The summed E-state index contributed by atoms with van der Waals surface area (Å²) >= 11 is 0. The van der Waals surface area contributed by atoms with E-state index >= 15 is 0 Å². The molecule has 0 aliphatic carbocycles. The zero-order valence-corrected chi connectivity index (χ0v) is 9.54. The van der Waals surface area contributed by atoms with Crippen LogP contribution >= 0.6 is 0 Å². The fourth-order valence-corrected chi connectivity index (χ4v) is 1.39. The SMILES string of the molecule is CCc1cc(C(C)(C)C)nn1CCO. The first kappa shape index (κ1) is 11.2. The summed E-state index contributed by atoms with van der Waals surface area (Å²) in [5.41, 5.74) is 2.39. The lowest BCUT2D eigenvalue weighted by atomic mass is 9.92. The van der Waals surface area contributed by atoms with E-state index in [1.54, 1.807) is 0 Å². The molecule has 0 bridgehead atoms. The summed E-state index contributed by atoms with van der Waals surface area (Å²) in [6.07, 6.45) is 0.961. The maximum absolute atomic E-state index is 8.89. The Bertz CT molecular complexity index is 297. The van der Waals surface area contributed by atoms with E-state index in [9.17, 15) is 0 Å². The van der Waals surface area contributed by atoms with Crippen molar-refractivity contribution in [3.8, 4) is 0 Å². The summed E-state index contributed by atoms with van der Waals surface area (Å²) in [7, 11) is 0. The third-order valence-corrected chi connectivity index (χ3v) is 2.31. The number of aliphatic hydroxyl groups excluding tert-OH is 1. The van der Waals surface area contributed by atoms with E-state index in [0.29, 0.717) is 6.54 Å². The number of rotatable bonds is 3. The molecule has 0 spiro atoms. The lowest BCUT2D eigenvalue weighted by Gasteiger charge is -2.14. The molecule has 3 nitrogen and oxygen atoms in total. The van der Waals surface area contributed by atoms with Crippen LogP contribution in [0.25, 0.3) is 0 Å². The fraction of sp³-hybridized carbons (Fsp3) is 0.727. The van der Waals surface area contributed by atoms with Gasteiger partial charge in [0.2, 0.25) is 0 Å². The van der Waals surface area contributed by atoms with Crippen LogP contribution in [0.5, 0.6) is 0 Å². The molecule has 0 saturated carbocycles. The van der Waals surface area contributed by atoms with Crippen LogP contribution in [-0.2, 0) is 18.4 Å². The zero-order chi connectivity index (χ0) is 10.8. The fourth-order valence-electron chi connectivity index (χ4n) is 1.39. The largest absolute Gasteiger partial charge is 0.394 e. The molecule has 0 aromatic carbocycles. The molecule has 0 unspecified atom stereocenters. The first-order valence-corrected chi connectivity index (χ1v) is 5.17. The second-order valence-corrected chi connectivity index (χ2v) is 4.57. The minimum absolute atomic E-state index is 0.0879. The molecule has 3 heteroatoms. The van der Waals surface area contributed by atoms with E-state index in [4.69, 9.17) is 5.11 Å². The van der Waals surface area contributed by atoms with Gasteiger partial charge in [-0.25, -0.2) is 0 Å². The van der Waals surface area contributed by atoms with E-state index < -0.39 is 0 Å². The molecule has 80 valence electrons. The van der Waals surface area contributed by atoms with Gasteiger partial charge >= 0.3 is 0 Å². The van der Waals surface area contributed by atoms with Gasteiger partial charge in [-0.05, 0) is 12.5 Å². The summed E-state index contributed by atoms with van der Waals surface area (Å²) in [6.45, 7) is 9.31. The van der Waals surface area contributed by atoms with Crippen LogP contribution in [0.2, 0.25) is 0 Å². The Morgan fingerprint density at radius 3 is 2.50 bits per heavy atom. The van der Waals surface area contributed by atoms with Crippen LogP contribution < -0.4 is 0 Å². The van der Waals surface area contributed by atoms with Gasteiger partial charge in [-0.1, -0.05) is 27.7 Å². The molecule has 1 heterocycles. The molecule has 1 rings (SSSR count). The minimum atomic E-state index is 0.0879. The summed E-state index contributed by atoms with van der Waals surface area (Å²) in [5.74, 6) is 0. The minimum Gasteiger partial charge on any atom is -0.394 e. The Hall–Kier alpha value is -0.830. The average Bonchev–Trinajstić information content (AvgIpc) is 2.47. The van der Waals surface area contributed by atoms with E-state index in [0.717, 1.165) is 12.1 Å². The average molecular weight is 196 g/mol. The highest BCUT2D eigenvalue weighted by Gasteiger charge is 2.18. The van der Waals surface area contributed by atoms with E-state index in [1.165, 1.54) is 5.69 Å². The summed E-state index contributed by atoms with van der Waals surface area (Å²) < 4.78 is 1.90. The van der Waals surface area contributed by atoms with Crippen LogP contribution in [0.15, 0.2) is 6.07 Å². The Kier molecular flexibility index (Phi) is 3.32.